The van der Waals surface area contributed by atoms with Crippen molar-refractivity contribution in [1.29, 1.82) is 0 Å². The van der Waals surface area contributed by atoms with E-state index in [-0.39, 0.29) is 11.5 Å². The lowest BCUT2D eigenvalue weighted by molar-refractivity contribution is -0.00518. The Morgan fingerprint density at radius 2 is 1.76 bits per heavy atom. The minimum absolute atomic E-state index is 0.000209. The number of aromatic nitrogens is 2. The molecule has 1 amide bonds. The topological polar surface area (TPSA) is 64.0 Å². The Morgan fingerprint density at radius 3 is 2.42 bits per heavy atom. The maximum absolute atomic E-state index is 13.1. The van der Waals surface area contributed by atoms with Crippen molar-refractivity contribution < 1.29 is 4.79 Å². The molecule has 0 radical (unpaired) electrons. The van der Waals surface area contributed by atoms with Gasteiger partial charge in [-0.15, -0.1) is 11.3 Å². The average Bonchev–Trinajstić information content (AvgIpc) is 3.38. The predicted octanol–water partition coefficient (Wildman–Crippen LogP) is 5.43. The predicted molar refractivity (Wildman–Crippen MR) is 131 cm³/mol. The van der Waals surface area contributed by atoms with E-state index in [4.69, 9.17) is 4.98 Å². The molecule has 4 saturated carbocycles. The van der Waals surface area contributed by atoms with Crippen LogP contribution in [0.4, 0.5) is 5.69 Å². The largest absolute Gasteiger partial charge is 0.321 e. The second-order valence-corrected chi connectivity index (χ2v) is 12.1. The van der Waals surface area contributed by atoms with Crippen molar-refractivity contribution in [3.8, 4) is 0 Å². The van der Waals surface area contributed by atoms with Gasteiger partial charge in [0.25, 0.3) is 11.5 Å². The molecule has 1 aliphatic heterocycles. The van der Waals surface area contributed by atoms with Gasteiger partial charge in [-0.3, -0.25) is 14.2 Å². The molecule has 3 aromatic rings. The maximum Gasteiger partial charge on any atom is 0.266 e. The van der Waals surface area contributed by atoms with Crippen molar-refractivity contribution >= 4 is 33.1 Å². The molecule has 0 unspecified atom stereocenters. The van der Waals surface area contributed by atoms with Gasteiger partial charge in [0.1, 0.15) is 10.7 Å². The van der Waals surface area contributed by atoms with Gasteiger partial charge >= 0.3 is 0 Å². The number of carbonyl (C=O) groups is 1. The summed E-state index contributed by atoms with van der Waals surface area (Å²) >= 11 is 1.34. The second-order valence-electron chi connectivity index (χ2n) is 11.1. The third-order valence-corrected chi connectivity index (χ3v) is 10.1. The number of thiophene rings is 1. The van der Waals surface area contributed by atoms with E-state index in [1.54, 1.807) is 4.57 Å². The fourth-order valence-electron chi connectivity index (χ4n) is 7.85. The molecule has 1 N–H and O–H groups in total. The average molecular weight is 460 g/mol. The van der Waals surface area contributed by atoms with E-state index in [0.29, 0.717) is 20.5 Å². The molecule has 3 heterocycles. The van der Waals surface area contributed by atoms with E-state index in [0.717, 1.165) is 54.2 Å². The first-order valence-corrected chi connectivity index (χ1v) is 13.3. The summed E-state index contributed by atoms with van der Waals surface area (Å²) in [5.41, 5.74) is 3.40. The molecular weight excluding hydrogens is 430 g/mol. The molecule has 5 nitrogen and oxygen atoms in total. The first-order valence-electron chi connectivity index (χ1n) is 12.4. The van der Waals surface area contributed by atoms with Crippen LogP contribution in [0.1, 0.15) is 71.6 Å². The monoisotopic (exact) mass is 459 g/mol. The van der Waals surface area contributed by atoms with Gasteiger partial charge in [-0.25, -0.2) is 4.98 Å². The highest BCUT2D eigenvalue weighted by Gasteiger charge is 2.51. The van der Waals surface area contributed by atoms with E-state index < -0.39 is 0 Å². The van der Waals surface area contributed by atoms with Crippen molar-refractivity contribution in [1.82, 2.24) is 9.55 Å². The number of nitrogens with zero attached hydrogens (tertiary/aromatic N) is 2. The SMILES string of the molecule is Cc1c(C(=O)Nc2ccc(C34CC5CC(CC(C5)C3)C4)cc2)sc2nc3n(c(=O)c12)CCC3. The molecule has 6 heteroatoms. The van der Waals surface area contributed by atoms with Crippen LogP contribution in [0.15, 0.2) is 29.1 Å². The molecule has 2 aromatic heterocycles. The zero-order valence-corrected chi connectivity index (χ0v) is 19.8. The smallest absolute Gasteiger partial charge is 0.266 e. The van der Waals surface area contributed by atoms with E-state index in [9.17, 15) is 9.59 Å². The minimum atomic E-state index is -0.150. The van der Waals surface area contributed by atoms with Gasteiger partial charge in [-0.1, -0.05) is 12.1 Å². The van der Waals surface area contributed by atoms with Crippen LogP contribution >= 0.6 is 11.3 Å². The third kappa shape index (κ3) is 2.99. The zero-order valence-electron chi connectivity index (χ0n) is 19.0. The Balaban J connectivity index is 1.15. The van der Waals surface area contributed by atoms with Crippen molar-refractivity contribution in [2.75, 3.05) is 5.32 Å². The number of anilines is 1. The van der Waals surface area contributed by atoms with Crippen LogP contribution in [0.3, 0.4) is 0 Å². The summed E-state index contributed by atoms with van der Waals surface area (Å²) < 4.78 is 1.77. The quantitative estimate of drug-likeness (QED) is 0.568. The van der Waals surface area contributed by atoms with Gasteiger partial charge in [0.05, 0.1) is 10.3 Å². The van der Waals surface area contributed by atoms with Gasteiger partial charge in [0, 0.05) is 18.7 Å². The lowest BCUT2D eigenvalue weighted by Gasteiger charge is -2.57. The highest BCUT2D eigenvalue weighted by molar-refractivity contribution is 7.20. The fourth-order valence-corrected chi connectivity index (χ4v) is 8.94. The summed E-state index contributed by atoms with van der Waals surface area (Å²) in [6.07, 6.45) is 10.2. The highest BCUT2D eigenvalue weighted by atomic mass is 32.1. The van der Waals surface area contributed by atoms with Gasteiger partial charge in [-0.2, -0.15) is 0 Å². The molecular formula is C27H29N3O2S. The molecule has 1 aromatic carbocycles. The van der Waals surface area contributed by atoms with Gasteiger partial charge in [0.2, 0.25) is 0 Å². The van der Waals surface area contributed by atoms with E-state index in [2.05, 4.69) is 29.6 Å². The lowest BCUT2D eigenvalue weighted by Crippen LogP contribution is -2.48. The maximum atomic E-state index is 13.1. The number of rotatable bonds is 3. The Labute approximate surface area is 197 Å². The number of carbonyl (C=O) groups excluding carboxylic acids is 1. The first kappa shape index (κ1) is 20.0. The number of nitrogens with one attached hydrogen (secondary N) is 1. The molecule has 170 valence electrons. The van der Waals surface area contributed by atoms with E-state index in [1.165, 1.54) is 55.4 Å². The number of fused-ring (bicyclic) bond motifs is 2. The lowest BCUT2D eigenvalue weighted by atomic mass is 9.48. The third-order valence-electron chi connectivity index (χ3n) is 8.91. The Bertz CT molecular complexity index is 1320. The van der Waals surface area contributed by atoms with Crippen LogP contribution in [0.2, 0.25) is 0 Å². The number of aryl methyl sites for hydroxylation is 2. The molecule has 0 atom stereocenters. The Hall–Kier alpha value is -2.47. The Morgan fingerprint density at radius 1 is 1.09 bits per heavy atom. The zero-order chi connectivity index (χ0) is 22.3. The summed E-state index contributed by atoms with van der Waals surface area (Å²) in [6, 6.07) is 8.63. The Kier molecular flexibility index (Phi) is 4.24. The summed E-state index contributed by atoms with van der Waals surface area (Å²) in [5.74, 6) is 3.46. The van der Waals surface area contributed by atoms with Crippen LogP contribution in [-0.4, -0.2) is 15.5 Å². The second kappa shape index (κ2) is 7.02. The van der Waals surface area contributed by atoms with Crippen molar-refractivity contribution in [3.05, 3.63) is 56.4 Å². The molecule has 4 bridgehead atoms. The van der Waals surface area contributed by atoms with Gasteiger partial charge in [0.15, 0.2) is 0 Å². The molecule has 8 rings (SSSR count). The summed E-state index contributed by atoms with van der Waals surface area (Å²) in [5, 5.41) is 3.68. The summed E-state index contributed by atoms with van der Waals surface area (Å²) in [6.45, 7) is 2.60. The standard InChI is InChI=1S/C27H29N3O2S/c1-15-22-25(29-21-3-2-8-30(21)26(22)32)33-23(15)24(31)28-20-6-4-19(5-7-20)27-12-16-9-17(13-27)11-18(10-16)14-27/h4-7,16-18H,2-3,8-14H2,1H3,(H,28,31). The van der Waals surface area contributed by atoms with Crippen LogP contribution in [0.25, 0.3) is 10.2 Å². The van der Waals surface area contributed by atoms with Crippen molar-refractivity contribution in [2.45, 2.75) is 70.3 Å². The number of hydrogen-bond donors (Lipinski definition) is 1. The number of benzene rings is 1. The van der Waals surface area contributed by atoms with E-state index >= 15 is 0 Å². The fraction of sp³-hybridized carbons (Fsp3) is 0.519. The number of amides is 1. The number of hydrogen-bond acceptors (Lipinski definition) is 4. The molecule has 0 spiro atoms. The molecule has 0 saturated heterocycles. The molecule has 4 fully saturated rings. The van der Waals surface area contributed by atoms with Crippen molar-refractivity contribution in [3.63, 3.8) is 0 Å². The minimum Gasteiger partial charge on any atom is -0.321 e. The van der Waals surface area contributed by atoms with Gasteiger partial charge in [-0.05, 0) is 98.3 Å². The normalized spacial score (nSPS) is 29.5. The molecule has 5 aliphatic rings. The van der Waals surface area contributed by atoms with Gasteiger partial charge < -0.3 is 5.32 Å². The summed E-state index contributed by atoms with van der Waals surface area (Å²) in [4.78, 5) is 32.0. The van der Waals surface area contributed by atoms with E-state index in [1.807, 2.05) is 6.92 Å². The van der Waals surface area contributed by atoms with Crippen LogP contribution in [0, 0.1) is 24.7 Å². The molecule has 33 heavy (non-hydrogen) atoms. The molecule has 4 aliphatic carbocycles. The van der Waals surface area contributed by atoms with Crippen LogP contribution in [0.5, 0.6) is 0 Å². The first-order chi connectivity index (χ1) is 16.0. The highest BCUT2D eigenvalue weighted by Crippen LogP contribution is 2.60. The summed E-state index contributed by atoms with van der Waals surface area (Å²) in [7, 11) is 0. The van der Waals surface area contributed by atoms with Crippen LogP contribution in [-0.2, 0) is 18.4 Å². The van der Waals surface area contributed by atoms with Crippen LogP contribution < -0.4 is 10.9 Å². The van der Waals surface area contributed by atoms with Crippen molar-refractivity contribution in [2.24, 2.45) is 17.8 Å².